The molecule has 152 valence electrons. The molecule has 10 heteroatoms. The van der Waals surface area contributed by atoms with E-state index in [-0.39, 0.29) is 6.61 Å². The third kappa shape index (κ3) is 2.89. The van der Waals surface area contributed by atoms with E-state index < -0.39 is 36.8 Å². The van der Waals surface area contributed by atoms with Gasteiger partial charge in [0.05, 0.1) is 12.0 Å². The Morgan fingerprint density at radius 1 is 1.17 bits per heavy atom. The van der Waals surface area contributed by atoms with Crippen molar-refractivity contribution in [2.75, 3.05) is 12.3 Å². The molecule has 0 unspecified atom stereocenters. The number of nitrogen functional groups attached to an aromatic ring is 1. The fourth-order valence-corrected chi connectivity index (χ4v) is 4.26. The van der Waals surface area contributed by atoms with Crippen LogP contribution in [0.5, 0.6) is 0 Å². The molecule has 0 aliphatic carbocycles. The van der Waals surface area contributed by atoms with E-state index in [9.17, 15) is 14.6 Å². The maximum atomic E-state index is 14.3. The number of aromatic nitrogens is 3. The highest BCUT2D eigenvalue weighted by Crippen LogP contribution is 2.44. The van der Waals surface area contributed by atoms with Crippen molar-refractivity contribution < 1.29 is 24.1 Å². The molecule has 4 N–H and O–H groups in total. The second-order valence-corrected chi connectivity index (χ2v) is 7.62. The predicted octanol–water partition coefficient (Wildman–Crippen LogP) is 2.07. The Morgan fingerprint density at radius 2 is 2.00 bits per heavy atom. The molecule has 1 fully saturated rings. The van der Waals surface area contributed by atoms with E-state index >= 15 is 0 Å². The van der Waals surface area contributed by atoms with Crippen LogP contribution in [0, 0.1) is 0 Å². The van der Waals surface area contributed by atoms with E-state index in [0.717, 1.165) is 0 Å². The number of alkyl halides is 1. The van der Waals surface area contributed by atoms with Crippen molar-refractivity contribution in [2.45, 2.75) is 36.8 Å². The monoisotopic (exact) mass is 420 g/mol. The van der Waals surface area contributed by atoms with E-state index in [1.54, 1.807) is 35.0 Å². The van der Waals surface area contributed by atoms with Gasteiger partial charge >= 0.3 is 0 Å². The summed E-state index contributed by atoms with van der Waals surface area (Å²) in [5.41, 5.74) is 7.27. The van der Waals surface area contributed by atoms with Crippen LogP contribution in [0.25, 0.3) is 11.0 Å². The Balaban J connectivity index is 1.51. The molecule has 0 bridgehead atoms. The van der Waals surface area contributed by atoms with E-state index in [2.05, 4.69) is 9.97 Å². The first-order chi connectivity index (χ1) is 14.0. The molecule has 2 aliphatic heterocycles. The Hall–Kier alpha value is -2.30. The average Bonchev–Trinajstić information content (AvgIpc) is 3.26. The number of halogens is 2. The van der Waals surface area contributed by atoms with Gasteiger partial charge in [0, 0.05) is 11.2 Å². The van der Waals surface area contributed by atoms with Crippen LogP contribution in [-0.4, -0.2) is 49.7 Å². The van der Waals surface area contributed by atoms with Crippen molar-refractivity contribution in [3.8, 4) is 0 Å². The maximum absolute atomic E-state index is 14.3. The first-order valence-corrected chi connectivity index (χ1v) is 9.47. The summed E-state index contributed by atoms with van der Waals surface area (Å²) >= 11 is 6.01. The SMILES string of the molecule is Nc1ncnc2c1ccn2[C@@H]1O[C@H]([C@@H]2OC[C@H](F)c3cc(Cl)ccc32)[C@@H](O)[C@H]1O. The van der Waals surface area contributed by atoms with Crippen LogP contribution in [0.3, 0.4) is 0 Å². The zero-order valence-electron chi connectivity index (χ0n) is 15.0. The third-order valence-electron chi connectivity index (χ3n) is 5.50. The molecule has 0 spiro atoms. The van der Waals surface area contributed by atoms with Gasteiger partial charge in [-0.1, -0.05) is 17.7 Å². The molecule has 2 aliphatic rings. The Bertz CT molecular complexity index is 1080. The molecular weight excluding hydrogens is 403 g/mol. The molecular formula is C19H18ClFN4O4. The number of benzene rings is 1. The summed E-state index contributed by atoms with van der Waals surface area (Å²) in [5.74, 6) is 0.300. The molecule has 29 heavy (non-hydrogen) atoms. The first kappa shape index (κ1) is 18.7. The number of hydrogen-bond donors (Lipinski definition) is 3. The summed E-state index contributed by atoms with van der Waals surface area (Å²) in [6, 6.07) is 6.54. The van der Waals surface area contributed by atoms with Gasteiger partial charge in [-0.15, -0.1) is 0 Å². The van der Waals surface area contributed by atoms with E-state index in [0.29, 0.717) is 33.0 Å². The van der Waals surface area contributed by atoms with Gasteiger partial charge in [0.25, 0.3) is 0 Å². The van der Waals surface area contributed by atoms with Crippen molar-refractivity contribution in [1.82, 2.24) is 14.5 Å². The van der Waals surface area contributed by atoms with Gasteiger partial charge < -0.3 is 30.0 Å². The molecule has 2 aromatic heterocycles. The van der Waals surface area contributed by atoms with Crippen LogP contribution in [0.2, 0.25) is 5.02 Å². The summed E-state index contributed by atoms with van der Waals surface area (Å²) in [6.07, 6.45) is -3.47. The highest BCUT2D eigenvalue weighted by Gasteiger charge is 2.50. The fraction of sp³-hybridized carbons (Fsp3) is 0.368. The molecule has 1 aromatic carbocycles. The standard InChI is InChI=1S/C19H18ClFN4O4/c20-8-1-2-9-11(5-8)12(21)6-28-15(9)16-13(26)14(27)19(29-16)25-4-3-10-17(22)23-7-24-18(10)25/h1-5,7,12-16,19,26-27H,6H2,(H2,22,23,24)/t12-,13-,14+,15+,16-,19+/m0/s1. The molecule has 5 rings (SSSR count). The van der Waals surface area contributed by atoms with Gasteiger partial charge in [0.15, 0.2) is 6.23 Å². The zero-order chi connectivity index (χ0) is 20.3. The van der Waals surface area contributed by atoms with Crippen molar-refractivity contribution in [1.29, 1.82) is 0 Å². The smallest absolute Gasteiger partial charge is 0.164 e. The van der Waals surface area contributed by atoms with Crippen LogP contribution < -0.4 is 5.73 Å². The van der Waals surface area contributed by atoms with Gasteiger partial charge in [0.2, 0.25) is 0 Å². The Labute approximate surface area is 169 Å². The summed E-state index contributed by atoms with van der Waals surface area (Å²) < 4.78 is 27.6. The summed E-state index contributed by atoms with van der Waals surface area (Å²) in [4.78, 5) is 8.15. The number of aliphatic hydroxyl groups excluding tert-OH is 2. The van der Waals surface area contributed by atoms with Crippen LogP contribution in [0.1, 0.15) is 29.6 Å². The van der Waals surface area contributed by atoms with Crippen molar-refractivity contribution in [3.05, 3.63) is 52.9 Å². The van der Waals surface area contributed by atoms with Crippen molar-refractivity contribution >= 4 is 28.5 Å². The van der Waals surface area contributed by atoms with Gasteiger partial charge in [-0.2, -0.15) is 0 Å². The molecule has 0 amide bonds. The van der Waals surface area contributed by atoms with Gasteiger partial charge in [-0.25, -0.2) is 14.4 Å². The number of hydrogen-bond acceptors (Lipinski definition) is 7. The molecule has 4 heterocycles. The average molecular weight is 421 g/mol. The van der Waals surface area contributed by atoms with E-state index in [1.165, 1.54) is 6.33 Å². The highest BCUT2D eigenvalue weighted by molar-refractivity contribution is 6.30. The molecule has 1 saturated heterocycles. The van der Waals surface area contributed by atoms with Crippen LogP contribution in [0.15, 0.2) is 36.8 Å². The number of rotatable bonds is 2. The number of nitrogens with two attached hydrogens (primary N) is 1. The number of aliphatic hydroxyl groups is 2. The topological polar surface area (TPSA) is 116 Å². The Kier molecular flexibility index (Phi) is 4.45. The lowest BCUT2D eigenvalue weighted by molar-refractivity contribution is -0.124. The fourth-order valence-electron chi connectivity index (χ4n) is 4.08. The van der Waals surface area contributed by atoms with E-state index in [4.69, 9.17) is 26.8 Å². The zero-order valence-corrected chi connectivity index (χ0v) is 15.8. The minimum atomic E-state index is -1.33. The second-order valence-electron chi connectivity index (χ2n) is 7.19. The summed E-state index contributed by atoms with van der Waals surface area (Å²) in [6.45, 7) is -0.193. The van der Waals surface area contributed by atoms with Gasteiger partial charge in [0.1, 0.15) is 48.4 Å². The molecule has 8 nitrogen and oxygen atoms in total. The van der Waals surface area contributed by atoms with Gasteiger partial charge in [-0.3, -0.25) is 0 Å². The lowest BCUT2D eigenvalue weighted by Crippen LogP contribution is -2.38. The number of nitrogens with zero attached hydrogens (tertiary/aromatic N) is 3. The molecule has 0 saturated carbocycles. The highest BCUT2D eigenvalue weighted by atomic mass is 35.5. The number of anilines is 1. The van der Waals surface area contributed by atoms with Crippen molar-refractivity contribution in [3.63, 3.8) is 0 Å². The van der Waals surface area contributed by atoms with Crippen LogP contribution in [-0.2, 0) is 9.47 Å². The Morgan fingerprint density at radius 3 is 2.83 bits per heavy atom. The lowest BCUT2D eigenvalue weighted by atomic mass is 9.91. The normalized spacial score (nSPS) is 31.9. The maximum Gasteiger partial charge on any atom is 0.164 e. The van der Waals surface area contributed by atoms with Crippen LogP contribution >= 0.6 is 11.6 Å². The van der Waals surface area contributed by atoms with E-state index in [1.807, 2.05) is 0 Å². The minimum absolute atomic E-state index is 0.193. The number of ether oxygens (including phenoxy) is 2. The second kappa shape index (κ2) is 6.89. The first-order valence-electron chi connectivity index (χ1n) is 9.09. The lowest BCUT2D eigenvalue weighted by Gasteiger charge is -2.33. The quantitative estimate of drug-likeness (QED) is 0.581. The third-order valence-corrected chi connectivity index (χ3v) is 5.74. The van der Waals surface area contributed by atoms with Gasteiger partial charge in [-0.05, 0) is 29.3 Å². The summed E-state index contributed by atoms with van der Waals surface area (Å²) in [7, 11) is 0. The number of fused-ring (bicyclic) bond motifs is 2. The van der Waals surface area contributed by atoms with Crippen LogP contribution in [0.4, 0.5) is 10.2 Å². The largest absolute Gasteiger partial charge is 0.387 e. The minimum Gasteiger partial charge on any atom is -0.387 e. The summed E-state index contributed by atoms with van der Waals surface area (Å²) in [5, 5.41) is 22.4. The molecule has 6 atom stereocenters. The molecule has 0 radical (unpaired) electrons. The van der Waals surface area contributed by atoms with Crippen molar-refractivity contribution in [2.24, 2.45) is 0 Å². The predicted molar refractivity (Wildman–Crippen MR) is 102 cm³/mol. The molecule has 3 aromatic rings.